The van der Waals surface area contributed by atoms with Crippen LogP contribution < -0.4 is 4.74 Å². The Morgan fingerprint density at radius 1 is 1.03 bits per heavy atom. The molecule has 0 N–H and O–H groups in total. The van der Waals surface area contributed by atoms with Crippen molar-refractivity contribution >= 4 is 11.4 Å². The number of morpholine rings is 1. The average Bonchev–Trinajstić information content (AvgIpc) is 3.25. The molecule has 5 rings (SSSR count). The Bertz CT molecular complexity index is 1360. The normalized spacial score (nSPS) is 15.1. The zero-order chi connectivity index (χ0) is 25.8. The first-order valence-corrected chi connectivity index (χ1v) is 12.4. The zero-order valence-electron chi connectivity index (χ0n) is 20.7. The van der Waals surface area contributed by atoms with Gasteiger partial charge < -0.3 is 9.47 Å². The summed E-state index contributed by atoms with van der Waals surface area (Å²) >= 11 is 0. The third-order valence-electron chi connectivity index (χ3n) is 6.77. The number of imidazole rings is 1. The average molecular weight is 506 g/mol. The van der Waals surface area contributed by atoms with E-state index < -0.39 is 11.6 Å². The molecule has 0 aliphatic carbocycles. The van der Waals surface area contributed by atoms with Gasteiger partial charge in [-0.15, -0.1) is 0 Å². The molecule has 0 radical (unpaired) electrons. The molecule has 2 aromatic carbocycles. The first-order valence-electron chi connectivity index (χ1n) is 12.4. The van der Waals surface area contributed by atoms with E-state index in [0.717, 1.165) is 25.2 Å². The predicted molar refractivity (Wildman–Crippen MR) is 136 cm³/mol. The van der Waals surface area contributed by atoms with Crippen molar-refractivity contribution in [3.05, 3.63) is 101 Å². The molecule has 1 saturated heterocycles. The number of carbonyl (C=O) groups is 1. The summed E-state index contributed by atoms with van der Waals surface area (Å²) in [6.45, 7) is 5.34. The third-order valence-corrected chi connectivity index (χ3v) is 6.77. The summed E-state index contributed by atoms with van der Waals surface area (Å²) in [4.78, 5) is 20.6. The molecule has 0 spiro atoms. The number of pyridine rings is 1. The van der Waals surface area contributed by atoms with Gasteiger partial charge in [0, 0.05) is 38.2 Å². The van der Waals surface area contributed by atoms with E-state index in [1.807, 2.05) is 18.2 Å². The molecule has 192 valence electrons. The van der Waals surface area contributed by atoms with Crippen LogP contribution in [0.2, 0.25) is 0 Å². The van der Waals surface area contributed by atoms with E-state index >= 15 is 0 Å². The zero-order valence-corrected chi connectivity index (χ0v) is 20.7. The number of halogens is 2. The van der Waals surface area contributed by atoms with Crippen molar-refractivity contribution in [3.63, 3.8) is 0 Å². The summed E-state index contributed by atoms with van der Waals surface area (Å²) in [5.41, 5.74) is 2.46. The molecule has 2 aromatic heterocycles. The number of rotatable bonds is 9. The van der Waals surface area contributed by atoms with Crippen LogP contribution in [0.15, 0.2) is 66.9 Å². The largest absolute Gasteiger partial charge is 0.485 e. The molecule has 0 bridgehead atoms. The molecule has 37 heavy (non-hydrogen) atoms. The van der Waals surface area contributed by atoms with E-state index in [0.29, 0.717) is 42.4 Å². The molecule has 1 unspecified atom stereocenters. The van der Waals surface area contributed by atoms with E-state index in [-0.39, 0.29) is 23.9 Å². The molecule has 1 atom stereocenters. The van der Waals surface area contributed by atoms with Crippen LogP contribution in [0.1, 0.15) is 39.6 Å². The van der Waals surface area contributed by atoms with Crippen LogP contribution in [-0.4, -0.2) is 52.9 Å². The summed E-state index contributed by atoms with van der Waals surface area (Å²) in [6, 6.07) is 17.2. The maximum Gasteiger partial charge on any atom is 0.182 e. The van der Waals surface area contributed by atoms with E-state index in [9.17, 15) is 13.6 Å². The lowest BCUT2D eigenvalue weighted by Gasteiger charge is -2.30. The van der Waals surface area contributed by atoms with Crippen LogP contribution >= 0.6 is 0 Å². The lowest BCUT2D eigenvalue weighted by Crippen LogP contribution is -2.39. The Labute approximate surface area is 214 Å². The van der Waals surface area contributed by atoms with E-state index in [4.69, 9.17) is 9.47 Å². The summed E-state index contributed by atoms with van der Waals surface area (Å²) in [6.07, 6.45) is 2.08. The van der Waals surface area contributed by atoms with Crippen LogP contribution in [0.3, 0.4) is 0 Å². The smallest absolute Gasteiger partial charge is 0.182 e. The monoisotopic (exact) mass is 505 g/mol. The standard InChI is InChI=1S/C29H29F2N3O3/c1-20-28(26(35)17-22(21-7-3-2-4-8-21)18-33-13-15-36-16-14-33)34-12-6-11-27(29(34)32-20)37-19-23-24(30)9-5-10-25(23)31/h2-12,22H,13-19H2,1H3. The van der Waals surface area contributed by atoms with Crippen molar-refractivity contribution < 1.29 is 23.0 Å². The Hall–Kier alpha value is -3.62. The second kappa shape index (κ2) is 11.2. The van der Waals surface area contributed by atoms with Crippen LogP contribution in [-0.2, 0) is 11.3 Å². The topological polar surface area (TPSA) is 56.1 Å². The van der Waals surface area contributed by atoms with Crippen molar-refractivity contribution in [1.82, 2.24) is 14.3 Å². The van der Waals surface area contributed by atoms with E-state index in [1.54, 1.807) is 29.7 Å². The van der Waals surface area contributed by atoms with Crippen LogP contribution in [0, 0.1) is 18.6 Å². The number of hydrogen-bond donors (Lipinski definition) is 0. The lowest BCUT2D eigenvalue weighted by molar-refractivity contribution is 0.0345. The van der Waals surface area contributed by atoms with Gasteiger partial charge in [0.05, 0.1) is 24.5 Å². The van der Waals surface area contributed by atoms with Crippen molar-refractivity contribution in [1.29, 1.82) is 0 Å². The van der Waals surface area contributed by atoms with Gasteiger partial charge in [-0.05, 0) is 36.8 Å². The van der Waals surface area contributed by atoms with Gasteiger partial charge >= 0.3 is 0 Å². The van der Waals surface area contributed by atoms with Gasteiger partial charge in [0.25, 0.3) is 0 Å². The van der Waals surface area contributed by atoms with Gasteiger partial charge in [0.15, 0.2) is 17.2 Å². The van der Waals surface area contributed by atoms with Crippen molar-refractivity contribution in [3.8, 4) is 5.75 Å². The summed E-state index contributed by atoms with van der Waals surface area (Å²) in [5, 5.41) is 0. The molecular weight excluding hydrogens is 476 g/mol. The molecule has 1 aliphatic rings. The fraction of sp³-hybridized carbons (Fsp3) is 0.310. The number of fused-ring (bicyclic) bond motifs is 1. The molecule has 4 aromatic rings. The summed E-state index contributed by atoms with van der Waals surface area (Å²) < 4.78 is 41.1. The summed E-state index contributed by atoms with van der Waals surface area (Å²) in [5.74, 6) is -1.01. The molecule has 8 heteroatoms. The minimum Gasteiger partial charge on any atom is -0.485 e. The molecule has 1 fully saturated rings. The van der Waals surface area contributed by atoms with Gasteiger partial charge in [-0.3, -0.25) is 14.1 Å². The van der Waals surface area contributed by atoms with Gasteiger partial charge in [0.2, 0.25) is 0 Å². The van der Waals surface area contributed by atoms with E-state index in [1.165, 1.54) is 18.2 Å². The number of benzene rings is 2. The van der Waals surface area contributed by atoms with E-state index in [2.05, 4.69) is 22.0 Å². The fourth-order valence-electron chi connectivity index (χ4n) is 4.85. The highest BCUT2D eigenvalue weighted by atomic mass is 19.1. The highest BCUT2D eigenvalue weighted by Crippen LogP contribution is 2.28. The summed E-state index contributed by atoms with van der Waals surface area (Å²) in [7, 11) is 0. The number of aromatic nitrogens is 2. The van der Waals surface area contributed by atoms with Crippen molar-refractivity contribution in [2.45, 2.75) is 25.9 Å². The minimum absolute atomic E-state index is 0.0141. The minimum atomic E-state index is -0.672. The van der Waals surface area contributed by atoms with Crippen LogP contribution in [0.4, 0.5) is 8.78 Å². The van der Waals surface area contributed by atoms with Crippen LogP contribution in [0.25, 0.3) is 5.65 Å². The van der Waals surface area contributed by atoms with Gasteiger partial charge in [-0.1, -0.05) is 36.4 Å². The second-order valence-corrected chi connectivity index (χ2v) is 9.25. The third kappa shape index (κ3) is 5.55. The Morgan fingerprint density at radius 3 is 2.49 bits per heavy atom. The maximum absolute atomic E-state index is 14.1. The molecule has 0 saturated carbocycles. The van der Waals surface area contributed by atoms with Crippen LogP contribution in [0.5, 0.6) is 5.75 Å². The number of Topliss-reactive ketones (excluding diaryl/α,β-unsaturated/α-hetero) is 1. The highest BCUT2D eigenvalue weighted by Gasteiger charge is 2.25. The van der Waals surface area contributed by atoms with Gasteiger partial charge in [-0.25, -0.2) is 13.8 Å². The van der Waals surface area contributed by atoms with Gasteiger partial charge in [-0.2, -0.15) is 0 Å². The molecule has 0 amide bonds. The predicted octanol–water partition coefficient (Wildman–Crippen LogP) is 5.19. The first-order chi connectivity index (χ1) is 18.0. The maximum atomic E-state index is 14.1. The number of aryl methyl sites for hydroxylation is 1. The number of nitrogens with zero attached hydrogens (tertiary/aromatic N) is 3. The number of carbonyl (C=O) groups excluding carboxylic acids is 1. The van der Waals surface area contributed by atoms with Crippen molar-refractivity contribution in [2.75, 3.05) is 32.8 Å². The fourth-order valence-corrected chi connectivity index (χ4v) is 4.85. The molecular formula is C29H29F2N3O3. The number of ketones is 1. The first kappa shape index (κ1) is 25.0. The van der Waals surface area contributed by atoms with Crippen molar-refractivity contribution in [2.24, 2.45) is 0 Å². The SMILES string of the molecule is Cc1nc2c(OCc3c(F)cccc3F)cccn2c1C(=O)CC(CN1CCOCC1)c1ccccc1. The Balaban J connectivity index is 1.40. The second-order valence-electron chi connectivity index (χ2n) is 9.25. The molecule has 1 aliphatic heterocycles. The molecule has 6 nitrogen and oxygen atoms in total. The number of ether oxygens (including phenoxy) is 2. The highest BCUT2D eigenvalue weighted by molar-refractivity contribution is 5.97. The lowest BCUT2D eigenvalue weighted by atomic mass is 9.91. The number of hydrogen-bond acceptors (Lipinski definition) is 5. The quantitative estimate of drug-likeness (QED) is 0.293. The Morgan fingerprint density at radius 2 is 1.76 bits per heavy atom. The Kier molecular flexibility index (Phi) is 7.58. The molecule has 3 heterocycles. The van der Waals surface area contributed by atoms with Gasteiger partial charge in [0.1, 0.15) is 23.9 Å².